The summed E-state index contributed by atoms with van der Waals surface area (Å²) in [7, 11) is 0. The smallest absolute Gasteiger partial charge is 0.230 e. The van der Waals surface area contributed by atoms with Crippen LogP contribution in [0.4, 0.5) is 5.69 Å². The van der Waals surface area contributed by atoms with E-state index in [0.29, 0.717) is 17.3 Å². The Labute approximate surface area is 145 Å². The number of aliphatic carboxylic acids is 1. The number of nitrogens with one attached hydrogen (secondary N) is 1. The Morgan fingerprint density at radius 2 is 1.75 bits per heavy atom. The van der Waals surface area contributed by atoms with Crippen LogP contribution in [0.2, 0.25) is 5.02 Å². The van der Waals surface area contributed by atoms with Gasteiger partial charge < -0.3 is 20.5 Å². The quantitative estimate of drug-likeness (QED) is 0.733. The van der Waals surface area contributed by atoms with E-state index in [1.54, 1.807) is 29.6 Å². The molecule has 2 aromatic carbocycles. The number of rotatable bonds is 8. The molecule has 1 amide bonds. The van der Waals surface area contributed by atoms with E-state index in [-0.39, 0.29) is 12.3 Å². The van der Waals surface area contributed by atoms with E-state index < -0.39 is 12.0 Å². The summed E-state index contributed by atoms with van der Waals surface area (Å²) in [5.41, 5.74) is 1.70. The Morgan fingerprint density at radius 1 is 1.08 bits per heavy atom. The molecule has 0 saturated carbocycles. The van der Waals surface area contributed by atoms with Gasteiger partial charge in [-0.1, -0.05) is 41.9 Å². The summed E-state index contributed by atoms with van der Waals surface area (Å²) in [5.74, 6) is -1.61. The number of amides is 1. The molecule has 6 heteroatoms. The second kappa shape index (κ2) is 9.05. The number of halogens is 1. The summed E-state index contributed by atoms with van der Waals surface area (Å²) in [4.78, 5) is 23.2. The first kappa shape index (κ1) is 18.0. The summed E-state index contributed by atoms with van der Waals surface area (Å²) in [6, 6.07) is 15.5. The van der Waals surface area contributed by atoms with E-state index in [0.717, 1.165) is 12.0 Å². The molecule has 0 saturated heterocycles. The van der Waals surface area contributed by atoms with Crippen LogP contribution in [0.15, 0.2) is 54.6 Å². The van der Waals surface area contributed by atoms with Crippen molar-refractivity contribution in [3.63, 3.8) is 0 Å². The SMILES string of the molecule is O=C(CC([NH2+]CCc1ccccc1)C(=O)[O-])Nc1ccc(Cl)cc1. The fourth-order valence-corrected chi connectivity index (χ4v) is 2.43. The third kappa shape index (κ3) is 6.02. The second-order valence-corrected chi connectivity index (χ2v) is 5.88. The van der Waals surface area contributed by atoms with Crippen LogP contribution in [-0.4, -0.2) is 24.5 Å². The van der Waals surface area contributed by atoms with Crippen molar-refractivity contribution in [3.05, 3.63) is 65.2 Å². The standard InChI is InChI=1S/C18H19ClN2O3/c19-14-6-8-15(9-7-14)21-17(22)12-16(18(23)24)20-11-10-13-4-2-1-3-5-13/h1-9,16,20H,10-12H2,(H,21,22)(H,23,24). The lowest BCUT2D eigenvalue weighted by Crippen LogP contribution is -2.93. The van der Waals surface area contributed by atoms with Gasteiger partial charge in [-0.2, -0.15) is 0 Å². The number of hydrogen-bond acceptors (Lipinski definition) is 3. The molecule has 0 aromatic heterocycles. The number of carboxylic acid groups (broad SMARTS) is 1. The zero-order valence-electron chi connectivity index (χ0n) is 13.1. The van der Waals surface area contributed by atoms with Crippen LogP contribution in [0, 0.1) is 0 Å². The average molecular weight is 347 g/mol. The van der Waals surface area contributed by atoms with Crippen LogP contribution in [0.1, 0.15) is 12.0 Å². The van der Waals surface area contributed by atoms with Crippen molar-refractivity contribution in [1.82, 2.24) is 0 Å². The fraction of sp³-hybridized carbons (Fsp3) is 0.222. The van der Waals surface area contributed by atoms with E-state index in [4.69, 9.17) is 11.6 Å². The number of nitrogens with two attached hydrogens (primary N) is 1. The molecule has 0 fully saturated rings. The normalized spacial score (nSPS) is 11.7. The van der Waals surface area contributed by atoms with Crippen molar-refractivity contribution in [2.75, 3.05) is 11.9 Å². The van der Waals surface area contributed by atoms with Crippen molar-refractivity contribution < 1.29 is 20.0 Å². The maximum Gasteiger partial charge on any atom is 0.230 e. The third-order valence-electron chi connectivity index (χ3n) is 3.56. The van der Waals surface area contributed by atoms with Crippen LogP contribution < -0.4 is 15.7 Å². The molecule has 3 N–H and O–H groups in total. The van der Waals surface area contributed by atoms with Crippen molar-refractivity contribution in [2.45, 2.75) is 18.9 Å². The minimum Gasteiger partial charge on any atom is -0.544 e. The van der Waals surface area contributed by atoms with Crippen molar-refractivity contribution in [1.29, 1.82) is 0 Å². The van der Waals surface area contributed by atoms with Gasteiger partial charge in [-0.3, -0.25) is 4.79 Å². The molecule has 2 rings (SSSR count). The molecule has 0 aliphatic heterocycles. The summed E-state index contributed by atoms with van der Waals surface area (Å²) in [6.07, 6.45) is 0.573. The van der Waals surface area contributed by atoms with Crippen LogP contribution in [-0.2, 0) is 16.0 Å². The number of carbonyl (C=O) groups is 2. The lowest BCUT2D eigenvalue weighted by Gasteiger charge is -2.16. The van der Waals surface area contributed by atoms with Gasteiger partial charge in [0.2, 0.25) is 5.91 Å². The summed E-state index contributed by atoms with van der Waals surface area (Å²) < 4.78 is 0. The summed E-state index contributed by atoms with van der Waals surface area (Å²) in [5, 5.41) is 16.1. The first-order chi connectivity index (χ1) is 11.5. The molecular formula is C18H19ClN2O3. The van der Waals surface area contributed by atoms with Gasteiger partial charge in [-0.25, -0.2) is 0 Å². The lowest BCUT2D eigenvalue weighted by atomic mass is 10.1. The highest BCUT2D eigenvalue weighted by Crippen LogP contribution is 2.13. The van der Waals surface area contributed by atoms with Gasteiger partial charge in [-0.15, -0.1) is 0 Å². The van der Waals surface area contributed by atoms with Gasteiger partial charge in [0.05, 0.1) is 18.9 Å². The molecule has 24 heavy (non-hydrogen) atoms. The van der Waals surface area contributed by atoms with E-state index in [2.05, 4.69) is 5.32 Å². The molecule has 2 aromatic rings. The van der Waals surface area contributed by atoms with Gasteiger partial charge in [0, 0.05) is 17.1 Å². The molecule has 0 spiro atoms. The first-order valence-corrected chi connectivity index (χ1v) is 8.06. The van der Waals surface area contributed by atoms with Crippen LogP contribution in [0.3, 0.4) is 0 Å². The number of hydrogen-bond donors (Lipinski definition) is 2. The molecule has 0 bridgehead atoms. The monoisotopic (exact) mass is 346 g/mol. The molecule has 0 aliphatic rings. The molecule has 0 heterocycles. The number of benzene rings is 2. The van der Waals surface area contributed by atoms with E-state index in [1.165, 1.54) is 0 Å². The van der Waals surface area contributed by atoms with Crippen molar-refractivity contribution in [3.8, 4) is 0 Å². The Hall–Kier alpha value is -2.37. The highest BCUT2D eigenvalue weighted by Gasteiger charge is 2.18. The fourth-order valence-electron chi connectivity index (χ4n) is 2.30. The molecule has 0 aliphatic carbocycles. The Bertz CT molecular complexity index is 674. The Balaban J connectivity index is 1.82. The van der Waals surface area contributed by atoms with Gasteiger partial charge in [0.1, 0.15) is 6.04 Å². The molecule has 126 valence electrons. The Kier molecular flexibility index (Phi) is 6.78. The molecular weight excluding hydrogens is 328 g/mol. The number of carboxylic acids is 1. The number of carbonyl (C=O) groups excluding carboxylic acids is 2. The lowest BCUT2D eigenvalue weighted by molar-refractivity contribution is -0.682. The first-order valence-electron chi connectivity index (χ1n) is 7.68. The zero-order chi connectivity index (χ0) is 17.4. The summed E-state index contributed by atoms with van der Waals surface area (Å²) >= 11 is 5.78. The highest BCUT2D eigenvalue weighted by molar-refractivity contribution is 6.30. The highest BCUT2D eigenvalue weighted by atomic mass is 35.5. The van der Waals surface area contributed by atoms with Crippen LogP contribution in [0.25, 0.3) is 0 Å². The van der Waals surface area contributed by atoms with Crippen LogP contribution >= 0.6 is 11.6 Å². The van der Waals surface area contributed by atoms with E-state index >= 15 is 0 Å². The van der Waals surface area contributed by atoms with Crippen LogP contribution in [0.5, 0.6) is 0 Å². The van der Waals surface area contributed by atoms with Crippen molar-refractivity contribution in [2.24, 2.45) is 0 Å². The van der Waals surface area contributed by atoms with E-state index in [9.17, 15) is 14.7 Å². The van der Waals surface area contributed by atoms with Gasteiger partial charge in [0.15, 0.2) is 0 Å². The van der Waals surface area contributed by atoms with Gasteiger partial charge in [0.25, 0.3) is 0 Å². The minimum atomic E-state index is -1.24. The maximum absolute atomic E-state index is 12.0. The topological polar surface area (TPSA) is 85.8 Å². The number of quaternary nitrogens is 1. The van der Waals surface area contributed by atoms with Gasteiger partial charge in [-0.05, 0) is 29.8 Å². The molecule has 1 atom stereocenters. The Morgan fingerprint density at radius 3 is 2.38 bits per heavy atom. The second-order valence-electron chi connectivity index (χ2n) is 5.44. The van der Waals surface area contributed by atoms with Crippen molar-refractivity contribution >= 4 is 29.2 Å². The largest absolute Gasteiger partial charge is 0.544 e. The maximum atomic E-state index is 12.0. The average Bonchev–Trinajstić information content (AvgIpc) is 2.57. The predicted molar refractivity (Wildman–Crippen MR) is 90.4 cm³/mol. The van der Waals surface area contributed by atoms with Gasteiger partial charge >= 0.3 is 0 Å². The minimum absolute atomic E-state index is 0.153. The predicted octanol–water partition coefficient (Wildman–Crippen LogP) is 0.593. The molecule has 0 radical (unpaired) electrons. The zero-order valence-corrected chi connectivity index (χ0v) is 13.8. The number of anilines is 1. The molecule has 1 unspecified atom stereocenters. The summed E-state index contributed by atoms with van der Waals surface area (Å²) in [6.45, 7) is 0.566. The van der Waals surface area contributed by atoms with E-state index in [1.807, 2.05) is 30.3 Å². The molecule has 5 nitrogen and oxygen atoms in total. The third-order valence-corrected chi connectivity index (χ3v) is 3.82.